The lowest BCUT2D eigenvalue weighted by Crippen LogP contribution is -2.47. The zero-order valence-corrected chi connectivity index (χ0v) is 20.6. The van der Waals surface area contributed by atoms with Crippen molar-refractivity contribution in [2.24, 2.45) is 0 Å². The van der Waals surface area contributed by atoms with Crippen molar-refractivity contribution in [3.63, 3.8) is 0 Å². The molecular formula is C29H31N3O4. The van der Waals surface area contributed by atoms with Crippen molar-refractivity contribution in [2.45, 2.75) is 51.1 Å². The summed E-state index contributed by atoms with van der Waals surface area (Å²) < 4.78 is 4.89. The highest BCUT2D eigenvalue weighted by molar-refractivity contribution is 6.09. The molecule has 1 aliphatic rings. The molecule has 3 aromatic rings. The van der Waals surface area contributed by atoms with E-state index in [0.29, 0.717) is 11.3 Å². The minimum atomic E-state index is -0.963. The van der Waals surface area contributed by atoms with Gasteiger partial charge in [0, 0.05) is 17.9 Å². The largest absolute Gasteiger partial charge is 0.465 e. The zero-order valence-electron chi connectivity index (χ0n) is 20.6. The van der Waals surface area contributed by atoms with E-state index in [1.165, 1.54) is 18.4 Å². The molecular weight excluding hydrogens is 454 g/mol. The van der Waals surface area contributed by atoms with Crippen LogP contribution in [0.1, 0.15) is 70.1 Å². The predicted molar refractivity (Wildman–Crippen MR) is 138 cm³/mol. The fourth-order valence-corrected chi connectivity index (χ4v) is 4.59. The first-order valence-corrected chi connectivity index (χ1v) is 12.3. The fraction of sp³-hybridized carbons (Fsp3) is 0.310. The molecule has 1 atom stereocenters. The average Bonchev–Trinajstić information content (AvgIpc) is 2.92. The number of pyridine rings is 1. The van der Waals surface area contributed by atoms with E-state index in [0.717, 1.165) is 31.2 Å². The molecule has 1 heterocycles. The van der Waals surface area contributed by atoms with E-state index in [2.05, 4.69) is 10.3 Å². The number of hydrogen-bond acceptors (Lipinski definition) is 5. The molecule has 36 heavy (non-hydrogen) atoms. The molecule has 1 saturated carbocycles. The molecule has 0 bridgehead atoms. The molecule has 186 valence electrons. The molecule has 1 aromatic heterocycles. The second kappa shape index (κ2) is 11.6. The number of ether oxygens (including phenoxy) is 1. The van der Waals surface area contributed by atoms with Crippen LogP contribution in [0.15, 0.2) is 72.9 Å². The first-order chi connectivity index (χ1) is 17.5. The SMILES string of the molecule is COC(=O)c1cccc(N(C(=O)c2ccccn2)[C@@H](C(=O)NC2CCCCC2)c2ccc(C)cc2)c1. The number of rotatable bonds is 7. The van der Waals surface area contributed by atoms with Crippen LogP contribution in [0.4, 0.5) is 5.69 Å². The van der Waals surface area contributed by atoms with Crippen molar-refractivity contribution in [1.82, 2.24) is 10.3 Å². The first-order valence-electron chi connectivity index (χ1n) is 12.3. The van der Waals surface area contributed by atoms with Crippen LogP contribution in [0.5, 0.6) is 0 Å². The van der Waals surface area contributed by atoms with Crippen molar-refractivity contribution in [2.75, 3.05) is 12.0 Å². The number of aromatic nitrogens is 1. The van der Waals surface area contributed by atoms with Gasteiger partial charge in [0.05, 0.1) is 12.7 Å². The van der Waals surface area contributed by atoms with Crippen molar-refractivity contribution >= 4 is 23.5 Å². The molecule has 0 aliphatic heterocycles. The lowest BCUT2D eigenvalue weighted by molar-refractivity contribution is -0.123. The summed E-state index contributed by atoms with van der Waals surface area (Å²) in [4.78, 5) is 45.8. The van der Waals surface area contributed by atoms with Gasteiger partial charge < -0.3 is 10.1 Å². The Balaban J connectivity index is 1.83. The summed E-state index contributed by atoms with van der Waals surface area (Å²) >= 11 is 0. The van der Waals surface area contributed by atoms with E-state index >= 15 is 0 Å². The lowest BCUT2D eigenvalue weighted by atomic mass is 9.94. The van der Waals surface area contributed by atoms with Gasteiger partial charge in [-0.2, -0.15) is 0 Å². The summed E-state index contributed by atoms with van der Waals surface area (Å²) in [5.74, 6) is -1.24. The predicted octanol–water partition coefficient (Wildman–Crippen LogP) is 5.01. The van der Waals surface area contributed by atoms with Crippen molar-refractivity contribution in [3.8, 4) is 0 Å². The van der Waals surface area contributed by atoms with E-state index in [4.69, 9.17) is 4.74 Å². The van der Waals surface area contributed by atoms with E-state index in [-0.39, 0.29) is 23.2 Å². The number of esters is 1. The summed E-state index contributed by atoms with van der Waals surface area (Å²) in [5, 5.41) is 3.19. The molecule has 2 aromatic carbocycles. The second-order valence-corrected chi connectivity index (χ2v) is 9.09. The molecule has 1 aliphatic carbocycles. The summed E-state index contributed by atoms with van der Waals surface area (Å²) in [5.41, 5.74) is 2.59. The molecule has 4 rings (SSSR count). The Morgan fingerprint density at radius 1 is 0.972 bits per heavy atom. The molecule has 7 heteroatoms. The fourth-order valence-electron chi connectivity index (χ4n) is 4.59. The number of anilines is 1. The number of hydrogen-bond donors (Lipinski definition) is 1. The molecule has 0 radical (unpaired) electrons. The van der Waals surface area contributed by atoms with Crippen LogP contribution in [-0.2, 0) is 9.53 Å². The van der Waals surface area contributed by atoms with E-state index in [1.54, 1.807) is 48.7 Å². The van der Waals surface area contributed by atoms with E-state index < -0.39 is 17.9 Å². The van der Waals surface area contributed by atoms with Crippen molar-refractivity contribution in [1.29, 1.82) is 0 Å². The van der Waals surface area contributed by atoms with Gasteiger partial charge in [-0.25, -0.2) is 4.79 Å². The minimum absolute atomic E-state index is 0.0624. The highest BCUT2D eigenvalue weighted by Crippen LogP contribution is 2.31. The Kier molecular flexibility index (Phi) is 8.10. The molecule has 0 unspecified atom stereocenters. The van der Waals surface area contributed by atoms with Gasteiger partial charge in [0.15, 0.2) is 0 Å². The zero-order chi connectivity index (χ0) is 25.5. The number of nitrogens with zero attached hydrogens (tertiary/aromatic N) is 2. The number of aryl methyl sites for hydroxylation is 1. The third kappa shape index (κ3) is 5.79. The topological polar surface area (TPSA) is 88.6 Å². The lowest BCUT2D eigenvalue weighted by Gasteiger charge is -2.33. The van der Waals surface area contributed by atoms with Gasteiger partial charge >= 0.3 is 5.97 Å². The molecule has 2 amide bonds. The third-order valence-corrected chi connectivity index (χ3v) is 6.50. The number of benzene rings is 2. The van der Waals surface area contributed by atoms with Crippen molar-refractivity contribution in [3.05, 3.63) is 95.3 Å². The van der Waals surface area contributed by atoms with E-state index in [1.807, 2.05) is 31.2 Å². The Morgan fingerprint density at radius 3 is 2.39 bits per heavy atom. The van der Waals surface area contributed by atoms with Gasteiger partial charge in [-0.1, -0.05) is 61.2 Å². The highest BCUT2D eigenvalue weighted by Gasteiger charge is 2.35. The highest BCUT2D eigenvalue weighted by atomic mass is 16.5. The summed E-state index contributed by atoms with van der Waals surface area (Å²) in [6.07, 6.45) is 6.67. The number of carbonyl (C=O) groups excluding carboxylic acids is 3. The summed E-state index contributed by atoms with van der Waals surface area (Å²) in [6, 6.07) is 18.3. The monoisotopic (exact) mass is 485 g/mol. The van der Waals surface area contributed by atoms with Crippen molar-refractivity contribution < 1.29 is 19.1 Å². The van der Waals surface area contributed by atoms with Crippen LogP contribution in [-0.4, -0.2) is 35.9 Å². The quantitative estimate of drug-likeness (QED) is 0.475. The van der Waals surface area contributed by atoms with Crippen LogP contribution in [0, 0.1) is 6.92 Å². The Bertz CT molecular complexity index is 1200. The van der Waals surface area contributed by atoms with Crippen LogP contribution < -0.4 is 10.2 Å². The maximum atomic E-state index is 13.9. The smallest absolute Gasteiger partial charge is 0.337 e. The third-order valence-electron chi connectivity index (χ3n) is 6.50. The first kappa shape index (κ1) is 25.1. The van der Waals surface area contributed by atoms with Gasteiger partial charge in [0.1, 0.15) is 11.7 Å². The molecule has 7 nitrogen and oxygen atoms in total. The van der Waals surface area contributed by atoms with Crippen LogP contribution >= 0.6 is 0 Å². The number of amides is 2. The van der Waals surface area contributed by atoms with Gasteiger partial charge in [0.25, 0.3) is 5.91 Å². The van der Waals surface area contributed by atoms with Crippen LogP contribution in [0.3, 0.4) is 0 Å². The molecule has 1 N–H and O–H groups in total. The standard InChI is InChI=1S/C29H31N3O4/c1-20-14-16-21(17-15-20)26(27(33)31-23-10-4-3-5-11-23)32(28(34)25-13-6-7-18-30-25)24-12-8-9-22(19-24)29(35)36-2/h6-9,12-19,23,26H,3-5,10-11H2,1-2H3,(H,31,33)/t26-/m1/s1. The molecule has 0 spiro atoms. The maximum Gasteiger partial charge on any atom is 0.337 e. The average molecular weight is 486 g/mol. The number of nitrogens with one attached hydrogen (secondary N) is 1. The summed E-state index contributed by atoms with van der Waals surface area (Å²) in [6.45, 7) is 1.97. The van der Waals surface area contributed by atoms with Crippen LogP contribution in [0.2, 0.25) is 0 Å². The van der Waals surface area contributed by atoms with Gasteiger partial charge in [-0.15, -0.1) is 0 Å². The van der Waals surface area contributed by atoms with Gasteiger partial charge in [0.2, 0.25) is 5.91 Å². The Labute approximate surface area is 211 Å². The van der Waals surface area contributed by atoms with Crippen LogP contribution in [0.25, 0.3) is 0 Å². The number of carbonyl (C=O) groups is 3. The molecule has 1 fully saturated rings. The Hall–Kier alpha value is -4.00. The van der Waals surface area contributed by atoms with E-state index in [9.17, 15) is 14.4 Å². The second-order valence-electron chi connectivity index (χ2n) is 9.09. The van der Waals surface area contributed by atoms with Gasteiger partial charge in [-0.3, -0.25) is 19.5 Å². The normalized spacial score (nSPS) is 14.5. The maximum absolute atomic E-state index is 13.9. The molecule has 0 saturated heterocycles. The minimum Gasteiger partial charge on any atom is -0.465 e. The van der Waals surface area contributed by atoms with Gasteiger partial charge in [-0.05, 0) is 55.7 Å². The Morgan fingerprint density at radius 2 is 1.72 bits per heavy atom. The summed E-state index contributed by atoms with van der Waals surface area (Å²) in [7, 11) is 1.30. The number of methoxy groups -OCH3 is 1.